The summed E-state index contributed by atoms with van der Waals surface area (Å²) < 4.78 is 13.6. The van der Waals surface area contributed by atoms with Crippen LogP contribution in [0, 0.1) is 0 Å². The van der Waals surface area contributed by atoms with Gasteiger partial charge in [-0.25, -0.2) is 9.97 Å². The molecule has 0 amide bonds. The molecule has 8 heteroatoms. The van der Waals surface area contributed by atoms with Gasteiger partial charge in [-0.15, -0.1) is 0 Å². The second-order valence-corrected chi connectivity index (χ2v) is 18.2. The molecule has 5 heterocycles. The molecule has 0 saturated carbocycles. The highest BCUT2D eigenvalue weighted by Gasteiger charge is 2.25. The zero-order valence-electron chi connectivity index (χ0n) is 38.6. The fraction of sp³-hybridized carbons (Fsp3) is 0. The maximum absolute atomic E-state index is 6.58. The topological polar surface area (TPSA) is 79.5 Å². The molecule has 10 aromatic carbocycles. The SMILES string of the molecule is c1ccc(-c2nc(-c3cccc4nc(-c5ccccc5)oc34)nc(-n3c4ccccc4c4ccc5c6ccccc6n(-c6ccc(-c7ccc8c9ccccc9n(-c9ccccc9)c8c7)cc6)c5c43)n2)cc1. The van der Waals surface area contributed by atoms with Crippen molar-refractivity contribution in [3.63, 3.8) is 0 Å². The van der Waals surface area contributed by atoms with E-state index in [0.717, 1.165) is 88.3 Å². The first kappa shape index (κ1) is 40.0. The minimum Gasteiger partial charge on any atom is -0.435 e. The molecular formula is C64H39N7O. The number of nitrogens with zero attached hydrogens (tertiary/aromatic N) is 7. The fourth-order valence-corrected chi connectivity index (χ4v) is 10.9. The van der Waals surface area contributed by atoms with Gasteiger partial charge >= 0.3 is 0 Å². The van der Waals surface area contributed by atoms with E-state index in [9.17, 15) is 0 Å². The van der Waals surface area contributed by atoms with Crippen molar-refractivity contribution in [1.29, 1.82) is 0 Å². The van der Waals surface area contributed by atoms with Crippen LogP contribution in [-0.4, -0.2) is 33.6 Å². The van der Waals surface area contributed by atoms with Crippen molar-refractivity contribution >= 4 is 76.5 Å². The molecule has 0 saturated heterocycles. The Morgan fingerprint density at radius 3 is 1.51 bits per heavy atom. The number of aromatic nitrogens is 7. The smallest absolute Gasteiger partial charge is 0.238 e. The summed E-state index contributed by atoms with van der Waals surface area (Å²) in [6.45, 7) is 0. The third-order valence-electron chi connectivity index (χ3n) is 14.1. The normalized spacial score (nSPS) is 11.9. The van der Waals surface area contributed by atoms with Crippen LogP contribution in [0.3, 0.4) is 0 Å². The maximum Gasteiger partial charge on any atom is 0.238 e. The Morgan fingerprint density at radius 2 is 0.819 bits per heavy atom. The van der Waals surface area contributed by atoms with Gasteiger partial charge in [0.05, 0.1) is 38.7 Å². The van der Waals surface area contributed by atoms with Crippen LogP contribution in [-0.2, 0) is 0 Å². The van der Waals surface area contributed by atoms with Crippen molar-refractivity contribution in [2.75, 3.05) is 0 Å². The second kappa shape index (κ2) is 15.8. The predicted molar refractivity (Wildman–Crippen MR) is 292 cm³/mol. The quantitative estimate of drug-likeness (QED) is 0.159. The van der Waals surface area contributed by atoms with Gasteiger partial charge in [0.15, 0.2) is 17.2 Å². The molecule has 72 heavy (non-hydrogen) atoms. The van der Waals surface area contributed by atoms with Crippen LogP contribution in [0.5, 0.6) is 0 Å². The van der Waals surface area contributed by atoms with E-state index in [2.05, 4.69) is 171 Å². The molecule has 8 nitrogen and oxygen atoms in total. The first-order chi connectivity index (χ1) is 35.7. The van der Waals surface area contributed by atoms with E-state index in [1.54, 1.807) is 0 Å². The van der Waals surface area contributed by atoms with Gasteiger partial charge < -0.3 is 13.6 Å². The van der Waals surface area contributed by atoms with Gasteiger partial charge in [0, 0.05) is 54.8 Å². The summed E-state index contributed by atoms with van der Waals surface area (Å²) in [5.41, 5.74) is 14.8. The Labute approximate surface area is 412 Å². The van der Waals surface area contributed by atoms with E-state index in [-0.39, 0.29) is 0 Å². The average molecular weight is 922 g/mol. The standard InChI is InChI=1S/C64H39N7O/c1-4-17-41(18-5-1)61-66-62(52-26-16-27-53-60(52)72-63(65-53)42-19-6-2-7-20-42)68-64(67-61)71-56-30-15-12-25-48(56)51-38-37-50-47-24-11-14-29-55(47)70(58(50)59(51)71)45-34-31-40(32-35-45)43-33-36-49-46-23-10-13-28-54(46)69(57(49)39-43)44-21-8-3-9-22-44/h1-39H. The van der Waals surface area contributed by atoms with E-state index < -0.39 is 0 Å². The number of hydrogen-bond acceptors (Lipinski definition) is 5. The minimum atomic E-state index is 0.483. The molecule has 0 N–H and O–H groups in total. The van der Waals surface area contributed by atoms with E-state index in [0.29, 0.717) is 29.1 Å². The molecule has 5 aromatic heterocycles. The predicted octanol–water partition coefficient (Wildman–Crippen LogP) is 16.0. The zero-order valence-corrected chi connectivity index (χ0v) is 38.6. The molecule has 0 aliphatic carbocycles. The Hall–Kier alpha value is -9.92. The highest BCUT2D eigenvalue weighted by molar-refractivity contribution is 6.23. The van der Waals surface area contributed by atoms with Gasteiger partial charge in [-0.1, -0.05) is 164 Å². The van der Waals surface area contributed by atoms with Gasteiger partial charge in [0.2, 0.25) is 11.8 Å². The van der Waals surface area contributed by atoms with Crippen LogP contribution in [0.15, 0.2) is 241 Å². The van der Waals surface area contributed by atoms with Crippen molar-refractivity contribution in [1.82, 2.24) is 33.6 Å². The molecule has 0 aliphatic heterocycles. The Balaban J connectivity index is 0.954. The van der Waals surface area contributed by atoms with E-state index in [1.807, 2.05) is 78.9 Å². The molecular weight excluding hydrogens is 883 g/mol. The van der Waals surface area contributed by atoms with Gasteiger partial charge in [0.1, 0.15) is 5.52 Å². The second-order valence-electron chi connectivity index (χ2n) is 18.2. The van der Waals surface area contributed by atoms with Crippen molar-refractivity contribution < 1.29 is 4.42 Å². The lowest BCUT2D eigenvalue weighted by Crippen LogP contribution is -2.07. The van der Waals surface area contributed by atoms with Gasteiger partial charge in [0.25, 0.3) is 0 Å². The summed E-state index contributed by atoms with van der Waals surface area (Å²) in [7, 11) is 0. The minimum absolute atomic E-state index is 0.483. The highest BCUT2D eigenvalue weighted by atomic mass is 16.3. The molecule has 0 fully saturated rings. The first-order valence-electron chi connectivity index (χ1n) is 24.1. The Bertz CT molecular complexity index is 4610. The van der Waals surface area contributed by atoms with Crippen LogP contribution >= 0.6 is 0 Å². The summed E-state index contributed by atoms with van der Waals surface area (Å²) in [5.74, 6) is 2.06. The molecule has 15 aromatic rings. The van der Waals surface area contributed by atoms with Crippen LogP contribution in [0.4, 0.5) is 0 Å². The summed E-state index contributed by atoms with van der Waals surface area (Å²) in [6, 6.07) is 82.9. The number of benzene rings is 10. The van der Waals surface area contributed by atoms with E-state index in [4.69, 9.17) is 24.4 Å². The molecule has 336 valence electrons. The number of oxazole rings is 1. The van der Waals surface area contributed by atoms with Gasteiger partial charge in [-0.05, 0) is 83.9 Å². The van der Waals surface area contributed by atoms with Crippen molar-refractivity contribution in [3.8, 4) is 62.7 Å². The summed E-state index contributed by atoms with van der Waals surface area (Å²) in [4.78, 5) is 20.9. The van der Waals surface area contributed by atoms with Crippen LogP contribution < -0.4 is 0 Å². The lowest BCUT2D eigenvalue weighted by Gasteiger charge is -2.14. The molecule has 0 aliphatic rings. The lowest BCUT2D eigenvalue weighted by molar-refractivity contribution is 0.620. The summed E-state index contributed by atoms with van der Waals surface area (Å²) in [6.07, 6.45) is 0. The average Bonchev–Trinajstić information content (AvgIpc) is 4.22. The molecule has 0 spiro atoms. The van der Waals surface area contributed by atoms with Crippen LogP contribution in [0.1, 0.15) is 0 Å². The first-order valence-corrected chi connectivity index (χ1v) is 24.1. The summed E-state index contributed by atoms with van der Waals surface area (Å²) >= 11 is 0. The Morgan fingerprint density at radius 1 is 0.306 bits per heavy atom. The van der Waals surface area contributed by atoms with Gasteiger partial charge in [-0.2, -0.15) is 9.97 Å². The largest absolute Gasteiger partial charge is 0.435 e. The van der Waals surface area contributed by atoms with Gasteiger partial charge in [-0.3, -0.25) is 4.57 Å². The molecule has 15 rings (SSSR count). The fourth-order valence-electron chi connectivity index (χ4n) is 10.9. The van der Waals surface area contributed by atoms with Crippen molar-refractivity contribution in [2.24, 2.45) is 0 Å². The van der Waals surface area contributed by atoms with Crippen molar-refractivity contribution in [2.45, 2.75) is 0 Å². The maximum atomic E-state index is 6.58. The Kier molecular flexibility index (Phi) is 8.79. The van der Waals surface area contributed by atoms with Crippen LogP contribution in [0.25, 0.3) is 139 Å². The number of para-hydroxylation sites is 5. The van der Waals surface area contributed by atoms with Crippen LogP contribution in [0.2, 0.25) is 0 Å². The third-order valence-corrected chi connectivity index (χ3v) is 14.1. The lowest BCUT2D eigenvalue weighted by atomic mass is 10.0. The molecule has 0 unspecified atom stereocenters. The van der Waals surface area contributed by atoms with Crippen molar-refractivity contribution in [3.05, 3.63) is 237 Å². The van der Waals surface area contributed by atoms with E-state index in [1.165, 1.54) is 21.8 Å². The molecule has 0 radical (unpaired) electrons. The van der Waals surface area contributed by atoms with E-state index >= 15 is 0 Å². The number of fused-ring (bicyclic) bond motifs is 11. The molecule has 0 atom stereocenters. The zero-order chi connectivity index (χ0) is 47.3. The third kappa shape index (κ3) is 6.12. The monoisotopic (exact) mass is 921 g/mol. The highest BCUT2D eigenvalue weighted by Crippen LogP contribution is 2.43. The summed E-state index contributed by atoms with van der Waals surface area (Å²) in [5, 5.41) is 6.94. The number of hydrogen-bond donors (Lipinski definition) is 0. The molecule has 0 bridgehead atoms. The number of rotatable bonds is 7.